The van der Waals surface area contributed by atoms with Gasteiger partial charge in [-0.15, -0.1) is 0 Å². The van der Waals surface area contributed by atoms with Crippen molar-refractivity contribution >= 4 is 11.8 Å². The summed E-state index contributed by atoms with van der Waals surface area (Å²) < 4.78 is 5.30. The number of rotatable bonds is 4. The summed E-state index contributed by atoms with van der Waals surface area (Å²) >= 11 is 0. The molecule has 3 saturated carbocycles. The van der Waals surface area contributed by atoms with E-state index in [4.69, 9.17) is 4.74 Å². The summed E-state index contributed by atoms with van der Waals surface area (Å²) in [6.45, 7) is 8.62. The Morgan fingerprint density at radius 2 is 1.71 bits per heavy atom. The number of ketones is 1. The minimum absolute atomic E-state index is 0.00305. The third-order valence-corrected chi connectivity index (χ3v) is 11.3. The van der Waals surface area contributed by atoms with E-state index in [0.717, 1.165) is 0 Å². The van der Waals surface area contributed by atoms with E-state index >= 15 is 0 Å². The molecule has 11 atom stereocenters. The van der Waals surface area contributed by atoms with Crippen LogP contribution in [0.4, 0.5) is 0 Å². The van der Waals surface area contributed by atoms with Gasteiger partial charge in [0.05, 0.1) is 35.6 Å². The first kappa shape index (κ1) is 27.9. The van der Waals surface area contributed by atoms with Crippen LogP contribution in [0.1, 0.15) is 73.1 Å². The molecule has 0 aromatic carbocycles. The van der Waals surface area contributed by atoms with Crippen molar-refractivity contribution in [1.82, 2.24) is 0 Å². The first-order valence-corrected chi connectivity index (χ1v) is 13.8. The quantitative estimate of drug-likeness (QED) is 0.288. The van der Waals surface area contributed by atoms with E-state index in [1.165, 1.54) is 19.1 Å². The van der Waals surface area contributed by atoms with Crippen molar-refractivity contribution in [1.29, 1.82) is 0 Å². The maximum absolute atomic E-state index is 13.4. The molecule has 0 bridgehead atoms. The predicted octanol–water partition coefficient (Wildman–Crippen LogP) is 0.926. The Morgan fingerprint density at radius 1 is 1.05 bits per heavy atom. The Bertz CT molecular complexity index is 1110. The van der Waals surface area contributed by atoms with Gasteiger partial charge >= 0.3 is 5.97 Å². The van der Waals surface area contributed by atoms with Gasteiger partial charge < -0.3 is 35.4 Å². The van der Waals surface area contributed by atoms with Crippen LogP contribution in [-0.2, 0) is 14.3 Å². The maximum Gasteiger partial charge on any atom is 0.331 e. The van der Waals surface area contributed by atoms with E-state index in [9.17, 15) is 40.2 Å². The minimum Gasteiger partial charge on any atom is -0.452 e. The van der Waals surface area contributed by atoms with E-state index in [2.05, 4.69) is 0 Å². The molecule has 0 amide bonds. The zero-order valence-electron chi connectivity index (χ0n) is 22.8. The average Bonchev–Trinajstić information content (AvgIpc) is 3.20. The third-order valence-electron chi connectivity index (χ3n) is 11.3. The molecule has 38 heavy (non-hydrogen) atoms. The van der Waals surface area contributed by atoms with Gasteiger partial charge in [-0.25, -0.2) is 4.79 Å². The summed E-state index contributed by atoms with van der Waals surface area (Å²) in [7, 11) is 0. The van der Waals surface area contributed by atoms with Crippen LogP contribution in [0.3, 0.4) is 0 Å². The number of ether oxygens (including phenoxy) is 1. The van der Waals surface area contributed by atoms with Gasteiger partial charge in [-0.3, -0.25) is 4.79 Å². The van der Waals surface area contributed by atoms with Gasteiger partial charge in [-0.05, 0) is 81.4 Å². The molecular formula is C29H42O9. The molecule has 3 fully saturated rings. The summed E-state index contributed by atoms with van der Waals surface area (Å²) in [6, 6.07) is 0. The van der Waals surface area contributed by atoms with Crippen molar-refractivity contribution in [2.75, 3.05) is 0 Å². The molecule has 0 spiro atoms. The van der Waals surface area contributed by atoms with E-state index < -0.39 is 75.8 Å². The van der Waals surface area contributed by atoms with Crippen LogP contribution in [-0.4, -0.2) is 83.6 Å². The molecule has 0 aromatic heterocycles. The second-order valence-electron chi connectivity index (χ2n) is 13.8. The highest BCUT2D eigenvalue weighted by molar-refractivity contribution is 5.95. The molecule has 5 aliphatic rings. The number of esters is 1. The van der Waals surface area contributed by atoms with Crippen molar-refractivity contribution in [2.45, 2.75) is 114 Å². The summed E-state index contributed by atoms with van der Waals surface area (Å²) in [5.41, 5.74) is -5.02. The highest BCUT2D eigenvalue weighted by Crippen LogP contribution is 2.68. The zero-order valence-corrected chi connectivity index (χ0v) is 22.8. The second-order valence-corrected chi connectivity index (χ2v) is 13.8. The summed E-state index contributed by atoms with van der Waals surface area (Å²) in [4.78, 5) is 25.2. The van der Waals surface area contributed by atoms with Gasteiger partial charge in [-0.2, -0.15) is 0 Å². The fraction of sp³-hybridized carbons (Fsp3) is 0.793. The first-order valence-electron chi connectivity index (χ1n) is 13.8. The van der Waals surface area contributed by atoms with Crippen LogP contribution in [0.5, 0.6) is 0 Å². The summed E-state index contributed by atoms with van der Waals surface area (Å²) in [5.74, 6) is -2.53. The molecule has 1 heterocycles. The van der Waals surface area contributed by atoms with Crippen molar-refractivity contribution < 1.29 is 45.0 Å². The number of aliphatic hydroxyl groups is 6. The molecular weight excluding hydrogens is 492 g/mol. The number of aliphatic hydroxyl groups excluding tert-OH is 4. The van der Waals surface area contributed by atoms with Crippen LogP contribution in [0, 0.1) is 28.6 Å². The lowest BCUT2D eigenvalue weighted by Gasteiger charge is -2.62. The molecule has 0 aromatic rings. The molecule has 9 heteroatoms. The molecule has 4 aliphatic carbocycles. The number of carbonyl (C=O) groups is 2. The fourth-order valence-electron chi connectivity index (χ4n) is 9.04. The van der Waals surface area contributed by atoms with Crippen LogP contribution < -0.4 is 0 Å². The Balaban J connectivity index is 1.49. The van der Waals surface area contributed by atoms with Crippen LogP contribution in [0.2, 0.25) is 0 Å². The van der Waals surface area contributed by atoms with Gasteiger partial charge in [0.1, 0.15) is 5.60 Å². The van der Waals surface area contributed by atoms with Crippen LogP contribution in [0.15, 0.2) is 23.3 Å². The van der Waals surface area contributed by atoms with Crippen LogP contribution in [0.25, 0.3) is 0 Å². The summed E-state index contributed by atoms with van der Waals surface area (Å²) in [5, 5.41) is 67.8. The minimum atomic E-state index is -1.69. The van der Waals surface area contributed by atoms with Gasteiger partial charge in [0.25, 0.3) is 0 Å². The zero-order chi connectivity index (χ0) is 28.2. The normalized spacial score (nSPS) is 48.2. The Kier molecular flexibility index (Phi) is 6.20. The molecule has 0 saturated heterocycles. The lowest BCUT2D eigenvalue weighted by Crippen LogP contribution is -2.66. The van der Waals surface area contributed by atoms with E-state index in [1.54, 1.807) is 20.8 Å². The second kappa shape index (κ2) is 8.44. The fourth-order valence-corrected chi connectivity index (χ4v) is 9.04. The Morgan fingerprint density at radius 3 is 2.32 bits per heavy atom. The van der Waals surface area contributed by atoms with E-state index in [-0.39, 0.29) is 37.9 Å². The maximum atomic E-state index is 13.4. The molecule has 212 valence electrons. The number of carbonyl (C=O) groups excluding carboxylic acids is 2. The number of fused-ring (bicyclic) bond motifs is 5. The SMILES string of the molecule is CC1(C)OC(=O)C=C1C[C@@H](O)[C@@](C)(O)[C@@H]1CC[C@@]2(O)C3=CC(=O)[C@@H]4C[C@@H](O)[C@@H](O)C[C@@]4(C)[C@H]3[C@H](O)C[C@@]12C. The van der Waals surface area contributed by atoms with Crippen LogP contribution >= 0.6 is 0 Å². The van der Waals surface area contributed by atoms with E-state index in [1.807, 2.05) is 6.92 Å². The van der Waals surface area contributed by atoms with Crippen molar-refractivity contribution in [3.05, 3.63) is 23.3 Å². The van der Waals surface area contributed by atoms with E-state index in [0.29, 0.717) is 17.6 Å². The largest absolute Gasteiger partial charge is 0.452 e. The van der Waals surface area contributed by atoms with Crippen molar-refractivity contribution in [3.63, 3.8) is 0 Å². The monoisotopic (exact) mass is 534 g/mol. The van der Waals surface area contributed by atoms with Gasteiger partial charge in [0, 0.05) is 29.7 Å². The lowest BCUT2D eigenvalue weighted by molar-refractivity contribution is -0.196. The highest BCUT2D eigenvalue weighted by atomic mass is 16.6. The number of cyclic esters (lactones) is 1. The van der Waals surface area contributed by atoms with Gasteiger partial charge in [0.15, 0.2) is 5.78 Å². The Labute approximate surface area is 223 Å². The highest BCUT2D eigenvalue weighted by Gasteiger charge is 2.71. The van der Waals surface area contributed by atoms with Crippen molar-refractivity contribution in [3.8, 4) is 0 Å². The third kappa shape index (κ3) is 3.65. The molecule has 1 aliphatic heterocycles. The summed E-state index contributed by atoms with van der Waals surface area (Å²) in [6.07, 6.45) is -0.578. The molecule has 6 N–H and O–H groups in total. The smallest absolute Gasteiger partial charge is 0.331 e. The van der Waals surface area contributed by atoms with Gasteiger partial charge in [-0.1, -0.05) is 13.8 Å². The standard InChI is InChI=1S/C29H42O9/c1-25(2)14(9-23(35)38-25)8-22(34)28(5,36)21-6-7-29(37)16-11-17(30)15-10-18(31)19(32)12-26(15,3)24(16)20(33)13-27(21,29)4/h9,11,15,18-22,24,31-34,36-37H,6-8,10,12-13H2,1-5H3/t15-,18+,19-,20+,21+,22+,24+,26+,27-,28-,29+/m0/s1. The topological polar surface area (TPSA) is 165 Å². The number of hydrogen-bond acceptors (Lipinski definition) is 9. The first-order chi connectivity index (χ1) is 17.4. The lowest BCUT2D eigenvalue weighted by atomic mass is 9.44. The molecule has 0 radical (unpaired) electrons. The molecule has 5 rings (SSSR count). The molecule has 9 nitrogen and oxygen atoms in total. The predicted molar refractivity (Wildman–Crippen MR) is 135 cm³/mol. The average molecular weight is 535 g/mol. The Hall–Kier alpha value is -1.62. The molecule has 0 unspecified atom stereocenters. The van der Waals surface area contributed by atoms with Gasteiger partial charge in [0.2, 0.25) is 0 Å². The van der Waals surface area contributed by atoms with Crippen molar-refractivity contribution in [2.24, 2.45) is 28.6 Å². The number of allylic oxidation sites excluding steroid dienone is 1. The number of hydrogen-bond donors (Lipinski definition) is 6.